The van der Waals surface area contributed by atoms with Crippen molar-refractivity contribution >= 4 is 33.4 Å². The largest absolute Gasteiger partial charge is 0.369 e. The molecule has 4 heteroatoms. The predicted octanol–water partition coefficient (Wildman–Crippen LogP) is 4.28. The summed E-state index contributed by atoms with van der Waals surface area (Å²) in [4.78, 5) is 2.55. The molecule has 1 aliphatic rings. The third kappa shape index (κ3) is 4.40. The molecule has 20 heavy (non-hydrogen) atoms. The molecule has 1 N–H and O–H groups in total. The van der Waals surface area contributed by atoms with Crippen LogP contribution in [0.3, 0.4) is 0 Å². The zero-order chi connectivity index (χ0) is 14.7. The highest BCUT2D eigenvalue weighted by Gasteiger charge is 2.23. The summed E-state index contributed by atoms with van der Waals surface area (Å²) < 4.78 is 1.16. The monoisotopic (exact) mass is 356 g/mol. The van der Waals surface area contributed by atoms with E-state index in [0.29, 0.717) is 16.5 Å². The van der Waals surface area contributed by atoms with E-state index >= 15 is 0 Å². The van der Waals surface area contributed by atoms with Gasteiger partial charge in [-0.1, -0.05) is 43.6 Å². The Morgan fingerprint density at radius 2 is 1.95 bits per heavy atom. The lowest BCUT2D eigenvalue weighted by molar-refractivity contribution is 0.587. The second-order valence-electron chi connectivity index (χ2n) is 5.97. The minimum Gasteiger partial charge on any atom is -0.369 e. The van der Waals surface area contributed by atoms with E-state index in [1.165, 1.54) is 11.3 Å². The summed E-state index contributed by atoms with van der Waals surface area (Å²) in [6.45, 7) is 12.3. The summed E-state index contributed by atoms with van der Waals surface area (Å²) in [5, 5.41) is 4.94. The van der Waals surface area contributed by atoms with Crippen LogP contribution >= 0.6 is 27.7 Å². The Labute approximate surface area is 135 Å². The quantitative estimate of drug-likeness (QED) is 0.866. The molecular weight excluding hydrogens is 332 g/mol. The lowest BCUT2D eigenvalue weighted by Crippen LogP contribution is -2.41. The van der Waals surface area contributed by atoms with E-state index in [4.69, 9.17) is 0 Å². The van der Waals surface area contributed by atoms with E-state index < -0.39 is 0 Å². The summed E-state index contributed by atoms with van der Waals surface area (Å²) in [7, 11) is 0. The molecule has 1 heterocycles. The van der Waals surface area contributed by atoms with Crippen LogP contribution in [0.4, 0.5) is 5.69 Å². The first-order valence-corrected chi connectivity index (χ1v) is 9.11. The van der Waals surface area contributed by atoms with Crippen LogP contribution in [0.5, 0.6) is 0 Å². The number of halogens is 1. The van der Waals surface area contributed by atoms with Gasteiger partial charge in [0, 0.05) is 46.3 Å². The molecule has 1 saturated heterocycles. The van der Waals surface area contributed by atoms with Crippen LogP contribution in [-0.4, -0.2) is 29.6 Å². The topological polar surface area (TPSA) is 15.3 Å². The van der Waals surface area contributed by atoms with E-state index in [-0.39, 0.29) is 0 Å². The number of anilines is 1. The first-order valence-electron chi connectivity index (χ1n) is 7.38. The Hall–Kier alpha value is -0.190. The van der Waals surface area contributed by atoms with Crippen LogP contribution in [0, 0.1) is 0 Å². The smallest absolute Gasteiger partial charge is 0.0413 e. The molecule has 1 fully saturated rings. The molecular formula is C16H25BrN2S. The van der Waals surface area contributed by atoms with E-state index in [1.54, 1.807) is 0 Å². The van der Waals surface area contributed by atoms with Gasteiger partial charge in [-0.3, -0.25) is 0 Å². The Morgan fingerprint density at radius 1 is 1.30 bits per heavy atom. The van der Waals surface area contributed by atoms with Crippen molar-refractivity contribution in [3.05, 3.63) is 28.2 Å². The fourth-order valence-electron chi connectivity index (χ4n) is 2.69. The van der Waals surface area contributed by atoms with Crippen molar-refractivity contribution in [2.24, 2.45) is 0 Å². The molecule has 0 saturated carbocycles. The molecule has 2 nitrogen and oxygen atoms in total. The van der Waals surface area contributed by atoms with Gasteiger partial charge in [0.2, 0.25) is 0 Å². The summed E-state index contributed by atoms with van der Waals surface area (Å²) in [6, 6.07) is 7.18. The molecule has 0 amide bonds. The van der Waals surface area contributed by atoms with Crippen LogP contribution in [0.1, 0.15) is 33.3 Å². The minimum absolute atomic E-state index is 0.511. The Morgan fingerprint density at radius 3 is 2.55 bits per heavy atom. The van der Waals surface area contributed by atoms with Gasteiger partial charge in [-0.05, 0) is 23.8 Å². The van der Waals surface area contributed by atoms with Gasteiger partial charge in [0.25, 0.3) is 0 Å². The number of hydrogen-bond acceptors (Lipinski definition) is 3. The number of nitrogens with zero attached hydrogens (tertiary/aromatic N) is 1. The Bertz CT molecular complexity index is 440. The van der Waals surface area contributed by atoms with E-state index in [9.17, 15) is 0 Å². The lowest BCUT2D eigenvalue weighted by atomic mass is 10.1. The summed E-state index contributed by atoms with van der Waals surface area (Å²) in [6.07, 6.45) is 0. The van der Waals surface area contributed by atoms with Gasteiger partial charge in [-0.2, -0.15) is 11.8 Å². The average molecular weight is 357 g/mol. The highest BCUT2D eigenvalue weighted by molar-refractivity contribution is 9.10. The van der Waals surface area contributed by atoms with E-state index in [0.717, 1.165) is 24.1 Å². The van der Waals surface area contributed by atoms with Gasteiger partial charge < -0.3 is 10.2 Å². The molecule has 2 atom stereocenters. The molecule has 1 aliphatic heterocycles. The average Bonchev–Trinajstić information content (AvgIpc) is 2.35. The van der Waals surface area contributed by atoms with Crippen LogP contribution < -0.4 is 10.2 Å². The van der Waals surface area contributed by atoms with Crippen molar-refractivity contribution in [3.8, 4) is 0 Å². The van der Waals surface area contributed by atoms with Crippen molar-refractivity contribution in [2.75, 3.05) is 18.0 Å². The Balaban J connectivity index is 2.21. The lowest BCUT2D eigenvalue weighted by Gasteiger charge is -2.37. The zero-order valence-corrected chi connectivity index (χ0v) is 15.2. The normalized spacial score (nSPS) is 23.4. The Kier molecular flexibility index (Phi) is 5.82. The molecule has 1 aromatic rings. The number of thioether (sulfide) groups is 1. The van der Waals surface area contributed by atoms with Crippen LogP contribution in [-0.2, 0) is 6.54 Å². The first kappa shape index (κ1) is 16.2. The SMILES string of the molecule is CC(C)NCc1cc(Br)ccc1N1CC(C)SC(C)C1. The van der Waals surface area contributed by atoms with Crippen molar-refractivity contribution in [3.63, 3.8) is 0 Å². The molecule has 1 aromatic carbocycles. The van der Waals surface area contributed by atoms with Gasteiger partial charge in [-0.25, -0.2) is 0 Å². The second kappa shape index (κ2) is 7.19. The van der Waals surface area contributed by atoms with Gasteiger partial charge in [0.15, 0.2) is 0 Å². The van der Waals surface area contributed by atoms with Gasteiger partial charge in [0.05, 0.1) is 0 Å². The standard InChI is InChI=1S/C16H25BrN2S/c1-11(2)18-8-14-7-15(17)5-6-16(14)19-9-12(3)20-13(4)10-19/h5-7,11-13,18H,8-10H2,1-4H3. The summed E-state index contributed by atoms with van der Waals surface area (Å²) in [5.41, 5.74) is 2.78. The fourth-order valence-corrected chi connectivity index (χ4v) is 4.43. The fraction of sp³-hybridized carbons (Fsp3) is 0.625. The van der Waals surface area contributed by atoms with Crippen LogP contribution in [0.25, 0.3) is 0 Å². The maximum atomic E-state index is 3.60. The molecule has 0 radical (unpaired) electrons. The molecule has 0 spiro atoms. The highest BCUT2D eigenvalue weighted by atomic mass is 79.9. The molecule has 0 aromatic heterocycles. The van der Waals surface area contributed by atoms with Crippen LogP contribution in [0.15, 0.2) is 22.7 Å². The summed E-state index contributed by atoms with van der Waals surface area (Å²) in [5.74, 6) is 0. The third-order valence-corrected chi connectivity index (χ3v) is 5.22. The molecule has 112 valence electrons. The molecule has 2 rings (SSSR count). The minimum atomic E-state index is 0.511. The van der Waals surface area contributed by atoms with E-state index in [2.05, 4.69) is 83.8 Å². The number of hydrogen-bond donors (Lipinski definition) is 1. The predicted molar refractivity (Wildman–Crippen MR) is 94.8 cm³/mol. The van der Waals surface area contributed by atoms with Crippen molar-refractivity contribution in [1.82, 2.24) is 5.32 Å². The maximum absolute atomic E-state index is 3.60. The molecule has 0 aliphatic carbocycles. The summed E-state index contributed by atoms with van der Waals surface area (Å²) >= 11 is 5.70. The zero-order valence-electron chi connectivity index (χ0n) is 12.8. The van der Waals surface area contributed by atoms with Crippen LogP contribution in [0.2, 0.25) is 0 Å². The van der Waals surface area contributed by atoms with Gasteiger partial charge in [-0.15, -0.1) is 0 Å². The molecule has 0 bridgehead atoms. The van der Waals surface area contributed by atoms with Crippen molar-refractivity contribution < 1.29 is 0 Å². The first-order chi connectivity index (χ1) is 9.45. The third-order valence-electron chi connectivity index (χ3n) is 3.50. The number of rotatable bonds is 4. The maximum Gasteiger partial charge on any atom is 0.0413 e. The van der Waals surface area contributed by atoms with Crippen molar-refractivity contribution in [2.45, 2.75) is 50.8 Å². The van der Waals surface area contributed by atoms with Crippen molar-refractivity contribution in [1.29, 1.82) is 0 Å². The van der Waals surface area contributed by atoms with E-state index in [1.807, 2.05) is 0 Å². The highest BCUT2D eigenvalue weighted by Crippen LogP contribution is 2.31. The molecule has 2 unspecified atom stereocenters. The number of benzene rings is 1. The van der Waals surface area contributed by atoms with Gasteiger partial charge in [0.1, 0.15) is 0 Å². The van der Waals surface area contributed by atoms with Gasteiger partial charge >= 0.3 is 0 Å². The number of nitrogens with one attached hydrogen (secondary N) is 1. The second-order valence-corrected chi connectivity index (χ2v) is 8.77.